The van der Waals surface area contributed by atoms with Gasteiger partial charge in [0.15, 0.2) is 5.82 Å². The lowest BCUT2D eigenvalue weighted by Gasteiger charge is -2.23. The van der Waals surface area contributed by atoms with Gasteiger partial charge >= 0.3 is 0 Å². The lowest BCUT2D eigenvalue weighted by atomic mass is 9.92. The normalized spacial score (nSPS) is 22.0. The smallest absolute Gasteiger partial charge is 0.229 e. The summed E-state index contributed by atoms with van der Waals surface area (Å²) in [6.07, 6.45) is 8.69. The van der Waals surface area contributed by atoms with E-state index < -0.39 is 0 Å². The number of hydrogen-bond donors (Lipinski definition) is 2. The van der Waals surface area contributed by atoms with Gasteiger partial charge in [-0.1, -0.05) is 0 Å². The Morgan fingerprint density at radius 2 is 2.09 bits per heavy atom. The van der Waals surface area contributed by atoms with Crippen LogP contribution in [0, 0.1) is 11.3 Å². The molecule has 3 heterocycles. The molecule has 1 unspecified atom stereocenters. The van der Waals surface area contributed by atoms with Gasteiger partial charge in [0.05, 0.1) is 6.54 Å². The molecule has 2 aliphatic rings. The van der Waals surface area contributed by atoms with Crippen LogP contribution in [0.15, 0.2) is 36.8 Å². The second-order valence-electron chi connectivity index (χ2n) is 6.61. The maximum atomic E-state index is 12.4. The number of hydrogen-bond acceptors (Lipinski definition) is 4. The highest BCUT2D eigenvalue weighted by molar-refractivity contribution is 5.94. The van der Waals surface area contributed by atoms with Gasteiger partial charge in [-0.2, -0.15) is 5.10 Å². The molecular weight excluding hydrogens is 290 g/mol. The van der Waals surface area contributed by atoms with E-state index >= 15 is 0 Å². The van der Waals surface area contributed by atoms with Gasteiger partial charge in [0, 0.05) is 30.6 Å². The number of carbonyl (C=O) groups is 1. The van der Waals surface area contributed by atoms with Gasteiger partial charge in [-0.05, 0) is 55.5 Å². The van der Waals surface area contributed by atoms with E-state index in [1.165, 1.54) is 0 Å². The van der Waals surface area contributed by atoms with Crippen LogP contribution in [0.2, 0.25) is 0 Å². The Morgan fingerprint density at radius 1 is 1.30 bits per heavy atom. The lowest BCUT2D eigenvalue weighted by molar-refractivity contribution is -0.118. The Bertz CT molecular complexity index is 690. The number of piperidine rings is 1. The zero-order valence-corrected chi connectivity index (χ0v) is 13.0. The first-order valence-electron chi connectivity index (χ1n) is 8.19. The predicted octanol–water partition coefficient (Wildman–Crippen LogP) is 1.65. The number of rotatable bonds is 4. The maximum Gasteiger partial charge on any atom is 0.229 e. The van der Waals surface area contributed by atoms with E-state index in [0.717, 1.165) is 37.9 Å². The molecule has 23 heavy (non-hydrogen) atoms. The fourth-order valence-corrected chi connectivity index (χ4v) is 3.60. The zero-order valence-electron chi connectivity index (χ0n) is 13.0. The molecule has 1 aliphatic heterocycles. The SMILES string of the molecule is O=C(Nc1ccn(Cc2ccncc2)n1)C1CC12CCNCC2. The predicted molar refractivity (Wildman–Crippen MR) is 86.8 cm³/mol. The summed E-state index contributed by atoms with van der Waals surface area (Å²) < 4.78 is 1.83. The van der Waals surface area contributed by atoms with E-state index in [2.05, 4.69) is 20.7 Å². The van der Waals surface area contributed by atoms with Crippen molar-refractivity contribution in [3.63, 3.8) is 0 Å². The van der Waals surface area contributed by atoms with Crippen molar-refractivity contribution in [3.05, 3.63) is 42.4 Å². The third kappa shape index (κ3) is 2.99. The molecule has 120 valence electrons. The number of amides is 1. The molecular formula is C17H21N5O. The summed E-state index contributed by atoms with van der Waals surface area (Å²) in [5, 5.41) is 10.8. The first-order chi connectivity index (χ1) is 11.3. The number of carbonyl (C=O) groups excluding carboxylic acids is 1. The standard InChI is InChI=1S/C17H21N5O/c23-16(14-11-17(14)4-8-19-9-5-17)20-15-3-10-22(21-15)12-13-1-6-18-7-2-13/h1-3,6-7,10,14,19H,4-5,8-9,11-12H2,(H,20,21,23). The van der Waals surface area contributed by atoms with E-state index in [9.17, 15) is 4.79 Å². The van der Waals surface area contributed by atoms with Crippen LogP contribution in [-0.4, -0.2) is 33.8 Å². The highest BCUT2D eigenvalue weighted by Crippen LogP contribution is 2.58. The molecule has 4 rings (SSSR count). The molecule has 2 aromatic rings. The molecule has 2 fully saturated rings. The molecule has 2 aromatic heterocycles. The van der Waals surface area contributed by atoms with Crippen LogP contribution in [0.5, 0.6) is 0 Å². The number of anilines is 1. The van der Waals surface area contributed by atoms with Gasteiger partial charge in [0.25, 0.3) is 0 Å². The van der Waals surface area contributed by atoms with Crippen LogP contribution >= 0.6 is 0 Å². The first-order valence-corrected chi connectivity index (χ1v) is 8.19. The zero-order chi connectivity index (χ0) is 15.7. The van der Waals surface area contributed by atoms with Crippen molar-refractivity contribution in [2.75, 3.05) is 18.4 Å². The van der Waals surface area contributed by atoms with Crippen molar-refractivity contribution < 1.29 is 4.79 Å². The Balaban J connectivity index is 1.36. The molecule has 6 heteroatoms. The second kappa shape index (κ2) is 5.77. The van der Waals surface area contributed by atoms with Gasteiger partial charge in [-0.15, -0.1) is 0 Å². The highest BCUT2D eigenvalue weighted by atomic mass is 16.2. The monoisotopic (exact) mass is 311 g/mol. The molecule has 0 radical (unpaired) electrons. The third-order valence-electron chi connectivity index (χ3n) is 5.09. The Morgan fingerprint density at radius 3 is 2.87 bits per heavy atom. The van der Waals surface area contributed by atoms with Crippen LogP contribution in [0.25, 0.3) is 0 Å². The summed E-state index contributed by atoms with van der Waals surface area (Å²) in [5.74, 6) is 0.927. The molecule has 0 aromatic carbocycles. The number of aromatic nitrogens is 3. The minimum atomic E-state index is 0.126. The van der Waals surface area contributed by atoms with E-state index in [4.69, 9.17) is 0 Å². The van der Waals surface area contributed by atoms with Gasteiger partial charge in [-0.25, -0.2) is 0 Å². The maximum absolute atomic E-state index is 12.4. The minimum Gasteiger partial charge on any atom is -0.317 e. The molecule has 2 N–H and O–H groups in total. The molecule has 0 bridgehead atoms. The van der Waals surface area contributed by atoms with E-state index in [1.54, 1.807) is 12.4 Å². The van der Waals surface area contributed by atoms with Crippen LogP contribution < -0.4 is 10.6 Å². The summed E-state index contributed by atoms with van der Waals surface area (Å²) in [6.45, 7) is 2.74. The molecule has 1 aliphatic carbocycles. The fraction of sp³-hybridized carbons (Fsp3) is 0.471. The number of nitrogens with one attached hydrogen (secondary N) is 2. The summed E-state index contributed by atoms with van der Waals surface area (Å²) in [7, 11) is 0. The van der Waals surface area contributed by atoms with Gasteiger partial charge in [0.2, 0.25) is 5.91 Å². The van der Waals surface area contributed by atoms with Crippen molar-refractivity contribution in [3.8, 4) is 0 Å². The summed E-state index contributed by atoms with van der Waals surface area (Å²) >= 11 is 0. The highest BCUT2D eigenvalue weighted by Gasteiger charge is 2.57. The molecule has 1 saturated heterocycles. The van der Waals surface area contributed by atoms with Crippen molar-refractivity contribution in [1.29, 1.82) is 0 Å². The van der Waals surface area contributed by atoms with Crippen molar-refractivity contribution in [2.45, 2.75) is 25.8 Å². The summed E-state index contributed by atoms with van der Waals surface area (Å²) in [5.41, 5.74) is 1.39. The van der Waals surface area contributed by atoms with Gasteiger partial charge in [0.1, 0.15) is 0 Å². The van der Waals surface area contributed by atoms with Crippen molar-refractivity contribution in [1.82, 2.24) is 20.1 Å². The molecule has 6 nitrogen and oxygen atoms in total. The van der Waals surface area contributed by atoms with Crippen LogP contribution in [0.4, 0.5) is 5.82 Å². The average Bonchev–Trinajstić information content (AvgIpc) is 3.08. The number of nitrogens with zero attached hydrogens (tertiary/aromatic N) is 3. The summed E-state index contributed by atoms with van der Waals surface area (Å²) in [4.78, 5) is 16.4. The van der Waals surface area contributed by atoms with Crippen LogP contribution in [0.1, 0.15) is 24.8 Å². The first kappa shape index (κ1) is 14.4. The second-order valence-corrected chi connectivity index (χ2v) is 6.61. The Hall–Kier alpha value is -2.21. The van der Waals surface area contributed by atoms with Crippen molar-refractivity contribution >= 4 is 11.7 Å². The van der Waals surface area contributed by atoms with Crippen molar-refractivity contribution in [2.24, 2.45) is 11.3 Å². The van der Waals surface area contributed by atoms with E-state index in [-0.39, 0.29) is 17.2 Å². The molecule has 1 atom stereocenters. The Labute approximate surface area is 135 Å². The fourth-order valence-electron chi connectivity index (χ4n) is 3.60. The van der Waals surface area contributed by atoms with Gasteiger partial charge in [-0.3, -0.25) is 14.5 Å². The minimum absolute atomic E-state index is 0.126. The number of pyridine rings is 1. The van der Waals surface area contributed by atoms with E-state index in [1.807, 2.05) is 29.1 Å². The largest absolute Gasteiger partial charge is 0.317 e. The van der Waals surface area contributed by atoms with Crippen LogP contribution in [0.3, 0.4) is 0 Å². The molecule has 1 spiro atoms. The lowest BCUT2D eigenvalue weighted by Crippen LogP contribution is -2.31. The van der Waals surface area contributed by atoms with Gasteiger partial charge < -0.3 is 10.6 Å². The molecule has 1 amide bonds. The third-order valence-corrected chi connectivity index (χ3v) is 5.09. The Kier molecular flexibility index (Phi) is 3.61. The molecule has 1 saturated carbocycles. The van der Waals surface area contributed by atoms with Crippen LogP contribution in [-0.2, 0) is 11.3 Å². The summed E-state index contributed by atoms with van der Waals surface area (Å²) in [6, 6.07) is 5.78. The quantitative estimate of drug-likeness (QED) is 0.901. The average molecular weight is 311 g/mol. The van der Waals surface area contributed by atoms with E-state index in [0.29, 0.717) is 12.4 Å². The topological polar surface area (TPSA) is 71.8 Å².